The average molecular weight is 413 g/mol. The number of oxime groups is 1. The molecule has 6 atom stereocenters. The number of carbonyl (C=O) groups is 2. The van der Waals surface area contributed by atoms with Gasteiger partial charge in [-0.1, -0.05) is 28.9 Å². The zero-order valence-corrected chi connectivity index (χ0v) is 15.6. The Morgan fingerprint density at radius 1 is 0.862 bits per heavy atom. The van der Waals surface area contributed by atoms with Gasteiger partial charge in [0.2, 0.25) is 11.8 Å². The summed E-state index contributed by atoms with van der Waals surface area (Å²) in [7, 11) is 0. The van der Waals surface area contributed by atoms with Crippen LogP contribution in [0.3, 0.4) is 0 Å². The molecule has 2 aromatic rings. The molecule has 0 aliphatic carbocycles. The van der Waals surface area contributed by atoms with Crippen LogP contribution in [0.5, 0.6) is 0 Å². The molecule has 0 saturated carbocycles. The maximum atomic E-state index is 13.3. The minimum atomic E-state index is -0.612. The fourth-order valence-corrected chi connectivity index (χ4v) is 5.19. The van der Waals surface area contributed by atoms with Crippen molar-refractivity contribution < 1.29 is 23.6 Å². The van der Waals surface area contributed by atoms with E-state index in [0.29, 0.717) is 16.4 Å². The summed E-state index contributed by atoms with van der Waals surface area (Å²) in [5, 5.41) is 4.85. The van der Waals surface area contributed by atoms with Crippen LogP contribution in [0.25, 0.3) is 0 Å². The van der Waals surface area contributed by atoms with Crippen LogP contribution >= 0.6 is 11.6 Å². The topological polar surface area (TPSA) is 68.2 Å². The summed E-state index contributed by atoms with van der Waals surface area (Å²) in [5.74, 6) is -2.52. The highest BCUT2D eigenvalue weighted by molar-refractivity contribution is 6.30. The van der Waals surface area contributed by atoms with E-state index in [1.54, 1.807) is 12.1 Å². The molecule has 3 saturated heterocycles. The molecule has 2 aromatic carbocycles. The lowest BCUT2D eigenvalue weighted by atomic mass is 9.71. The van der Waals surface area contributed by atoms with Crippen LogP contribution in [0.4, 0.5) is 10.1 Å². The van der Waals surface area contributed by atoms with Crippen LogP contribution in [-0.4, -0.2) is 35.8 Å². The minimum absolute atomic E-state index is 0.229. The normalized spacial score (nSPS) is 34.3. The molecule has 6 rings (SSSR count). The molecule has 4 aliphatic heterocycles. The van der Waals surface area contributed by atoms with E-state index >= 15 is 0 Å². The van der Waals surface area contributed by atoms with Gasteiger partial charge in [-0.15, -0.1) is 0 Å². The van der Waals surface area contributed by atoms with Crippen molar-refractivity contribution in [2.24, 2.45) is 22.9 Å². The number of rotatable bonds is 2. The highest BCUT2D eigenvalue weighted by Gasteiger charge is 2.72. The fourth-order valence-electron chi connectivity index (χ4n) is 5.06. The van der Waals surface area contributed by atoms with Gasteiger partial charge in [-0.25, -0.2) is 9.29 Å². The number of ether oxygens (including phenoxy) is 1. The molecule has 0 unspecified atom stereocenters. The molecule has 0 spiro atoms. The Morgan fingerprint density at radius 3 is 2.21 bits per heavy atom. The van der Waals surface area contributed by atoms with Crippen molar-refractivity contribution in [3.05, 3.63) is 64.9 Å². The van der Waals surface area contributed by atoms with Crippen molar-refractivity contribution in [1.82, 2.24) is 0 Å². The van der Waals surface area contributed by atoms with Gasteiger partial charge < -0.3 is 9.57 Å². The second kappa shape index (κ2) is 5.87. The maximum absolute atomic E-state index is 13.3. The predicted octanol–water partition coefficient (Wildman–Crippen LogP) is 2.79. The lowest BCUT2D eigenvalue weighted by molar-refractivity contribution is -0.125. The van der Waals surface area contributed by atoms with Crippen molar-refractivity contribution in [2.45, 2.75) is 18.3 Å². The summed E-state index contributed by atoms with van der Waals surface area (Å²) >= 11 is 5.98. The van der Waals surface area contributed by atoms with Crippen LogP contribution in [0.2, 0.25) is 5.02 Å². The van der Waals surface area contributed by atoms with Crippen molar-refractivity contribution in [1.29, 1.82) is 0 Å². The number of fused-ring (bicyclic) bond motifs is 8. The van der Waals surface area contributed by atoms with Crippen LogP contribution < -0.4 is 4.90 Å². The lowest BCUT2D eigenvalue weighted by Crippen LogP contribution is -2.45. The lowest BCUT2D eigenvalue weighted by Gasteiger charge is -2.26. The third-order valence-electron chi connectivity index (χ3n) is 6.27. The summed E-state index contributed by atoms with van der Waals surface area (Å²) in [5.41, 5.74) is 1.92. The molecule has 146 valence electrons. The number of hydrogen-bond acceptors (Lipinski definition) is 5. The average Bonchev–Trinajstić information content (AvgIpc) is 3.44. The fraction of sp³-hybridized carbons (Fsp3) is 0.286. The van der Waals surface area contributed by atoms with E-state index in [-0.39, 0.29) is 17.7 Å². The first-order valence-electron chi connectivity index (χ1n) is 9.33. The molecule has 4 aliphatic rings. The van der Waals surface area contributed by atoms with Gasteiger partial charge in [0.25, 0.3) is 0 Å². The summed E-state index contributed by atoms with van der Waals surface area (Å²) in [6.45, 7) is 0. The second-order valence-corrected chi connectivity index (χ2v) is 8.12. The Hall–Kier alpha value is -2.77. The SMILES string of the molecule is O=C1[C@@H]2[C@@H]3O[C@@H]([C@H]4C(c5ccc(Cl)cc5)=NO[C@@H]34)[C@@H]2C(=O)N1c1ccc(F)cc1. The molecule has 0 radical (unpaired) electrons. The highest BCUT2D eigenvalue weighted by Crippen LogP contribution is 2.55. The van der Waals surface area contributed by atoms with Crippen LogP contribution in [-0.2, 0) is 19.2 Å². The Kier molecular flexibility index (Phi) is 3.47. The van der Waals surface area contributed by atoms with E-state index < -0.39 is 36.0 Å². The summed E-state index contributed by atoms with van der Waals surface area (Å²) in [6, 6.07) is 12.6. The molecule has 3 fully saturated rings. The largest absolute Gasteiger partial charge is 0.389 e. The van der Waals surface area contributed by atoms with Gasteiger partial charge in [0, 0.05) is 5.02 Å². The van der Waals surface area contributed by atoms with E-state index in [1.807, 2.05) is 12.1 Å². The quantitative estimate of drug-likeness (QED) is 0.711. The van der Waals surface area contributed by atoms with Crippen molar-refractivity contribution in [2.75, 3.05) is 4.90 Å². The van der Waals surface area contributed by atoms with Gasteiger partial charge >= 0.3 is 0 Å². The summed E-state index contributed by atoms with van der Waals surface area (Å²) < 4.78 is 19.3. The number of hydrogen-bond donors (Lipinski definition) is 0. The van der Waals surface area contributed by atoms with E-state index in [0.717, 1.165) is 10.5 Å². The molecule has 29 heavy (non-hydrogen) atoms. The molecule has 4 heterocycles. The summed E-state index contributed by atoms with van der Waals surface area (Å²) in [4.78, 5) is 33.1. The number of imide groups is 1. The molecular formula is C21H14ClFN2O4. The Bertz CT molecular complexity index is 1070. The zero-order valence-electron chi connectivity index (χ0n) is 14.9. The van der Waals surface area contributed by atoms with Gasteiger partial charge in [0.1, 0.15) is 11.9 Å². The molecule has 8 heteroatoms. The molecule has 2 amide bonds. The molecule has 0 aromatic heterocycles. The van der Waals surface area contributed by atoms with E-state index in [9.17, 15) is 14.0 Å². The van der Waals surface area contributed by atoms with E-state index in [4.69, 9.17) is 21.2 Å². The number of carbonyl (C=O) groups excluding carboxylic acids is 2. The number of nitrogens with zero attached hydrogens (tertiary/aromatic N) is 2. The molecular weight excluding hydrogens is 399 g/mol. The molecule has 0 N–H and O–H groups in total. The predicted molar refractivity (Wildman–Crippen MR) is 101 cm³/mol. The first-order valence-corrected chi connectivity index (χ1v) is 9.71. The first kappa shape index (κ1) is 17.1. The Labute approximate surface area is 169 Å². The van der Waals surface area contributed by atoms with Gasteiger partial charge in [0.05, 0.1) is 35.3 Å². The van der Waals surface area contributed by atoms with Crippen molar-refractivity contribution in [3.8, 4) is 0 Å². The van der Waals surface area contributed by atoms with Crippen LogP contribution in [0.1, 0.15) is 5.56 Å². The number of benzene rings is 2. The smallest absolute Gasteiger partial charge is 0.240 e. The standard InChI is InChI=1S/C21H14ClFN2O4/c22-10-3-1-9(2-4-10)16-15-17-13-14(18(28-17)19(15)29-24-16)21(27)25(20(13)26)12-7-5-11(23)6-8-12/h1-8,13-15,17-19H/t13-,14+,15-,17-,18+,19-/m1/s1. The molecule has 6 nitrogen and oxygen atoms in total. The van der Waals surface area contributed by atoms with Crippen molar-refractivity contribution in [3.63, 3.8) is 0 Å². The highest BCUT2D eigenvalue weighted by atomic mass is 35.5. The molecule has 2 bridgehead atoms. The van der Waals surface area contributed by atoms with Crippen LogP contribution in [0, 0.1) is 23.6 Å². The Morgan fingerprint density at radius 2 is 1.52 bits per heavy atom. The third-order valence-corrected chi connectivity index (χ3v) is 6.52. The number of halogens is 2. The van der Waals surface area contributed by atoms with Crippen LogP contribution in [0.15, 0.2) is 53.7 Å². The number of amides is 2. The minimum Gasteiger partial charge on any atom is -0.389 e. The zero-order chi connectivity index (χ0) is 19.9. The van der Waals surface area contributed by atoms with Gasteiger partial charge in [-0.3, -0.25) is 9.59 Å². The third kappa shape index (κ3) is 2.22. The number of anilines is 1. The van der Waals surface area contributed by atoms with E-state index in [2.05, 4.69) is 5.16 Å². The first-order chi connectivity index (χ1) is 14.0. The second-order valence-electron chi connectivity index (χ2n) is 7.68. The van der Waals surface area contributed by atoms with Gasteiger partial charge in [-0.05, 0) is 42.0 Å². The van der Waals surface area contributed by atoms with Crippen molar-refractivity contribution >= 4 is 34.8 Å². The maximum Gasteiger partial charge on any atom is 0.240 e. The monoisotopic (exact) mass is 412 g/mol. The van der Waals surface area contributed by atoms with E-state index in [1.165, 1.54) is 24.3 Å². The summed E-state index contributed by atoms with van der Waals surface area (Å²) in [6.07, 6.45) is -1.43. The van der Waals surface area contributed by atoms with Gasteiger partial charge in [-0.2, -0.15) is 0 Å². The Balaban J connectivity index is 1.35. The van der Waals surface area contributed by atoms with Gasteiger partial charge in [0.15, 0.2) is 6.10 Å².